The van der Waals surface area contributed by atoms with Gasteiger partial charge in [-0.3, -0.25) is 9.55 Å². The van der Waals surface area contributed by atoms with Crippen molar-refractivity contribution in [1.82, 2.24) is 19.3 Å². The van der Waals surface area contributed by atoms with Crippen LogP contribution in [0.2, 0.25) is 0 Å². The summed E-state index contributed by atoms with van der Waals surface area (Å²) in [4.78, 5) is 28.1. The average Bonchev–Trinajstić information content (AvgIpc) is 2.96. The fourth-order valence-corrected chi connectivity index (χ4v) is 3.25. The van der Waals surface area contributed by atoms with E-state index in [0.29, 0.717) is 0 Å². The first kappa shape index (κ1) is 21.8. The van der Waals surface area contributed by atoms with Crippen molar-refractivity contribution in [2.24, 2.45) is 5.92 Å². The molecule has 1 aliphatic rings. The third-order valence-corrected chi connectivity index (χ3v) is 4.66. The van der Waals surface area contributed by atoms with Crippen molar-refractivity contribution in [2.75, 3.05) is 6.61 Å². The second-order valence-electron chi connectivity index (χ2n) is 6.72. The topological polar surface area (TPSA) is 79.0 Å². The van der Waals surface area contributed by atoms with Crippen LogP contribution in [-0.2, 0) is 28.7 Å². The lowest BCUT2D eigenvalue weighted by Gasteiger charge is -2.29. The molecule has 0 N–H and O–H groups in total. The predicted molar refractivity (Wildman–Crippen MR) is 88.4 cm³/mol. The standard InChI is InChI=1S/C17H16F6N4O3/c1-2-30-14(28)11-5-10(16(18,19)20)6-13-25-26(15(29)27(11)13)8-9-3-4-12(24-7-9)17(21,22)23/h3-4,7,10-11H,2,5-6,8H2,1H3. The molecule has 13 heteroatoms. The molecule has 0 saturated carbocycles. The number of nitrogens with zero attached hydrogens (tertiary/aromatic N) is 4. The van der Waals surface area contributed by atoms with Crippen LogP contribution in [0, 0.1) is 5.92 Å². The van der Waals surface area contributed by atoms with Gasteiger partial charge < -0.3 is 4.74 Å². The van der Waals surface area contributed by atoms with Crippen molar-refractivity contribution < 1.29 is 35.9 Å². The van der Waals surface area contributed by atoms with Crippen molar-refractivity contribution in [3.05, 3.63) is 45.9 Å². The first-order valence-electron chi connectivity index (χ1n) is 8.85. The maximum Gasteiger partial charge on any atom is 0.433 e. The van der Waals surface area contributed by atoms with Crippen molar-refractivity contribution >= 4 is 5.97 Å². The Kier molecular flexibility index (Phi) is 5.65. The first-order chi connectivity index (χ1) is 13.9. The molecule has 0 saturated heterocycles. The van der Waals surface area contributed by atoms with Crippen LogP contribution in [0.1, 0.15) is 36.5 Å². The highest BCUT2D eigenvalue weighted by atomic mass is 19.4. The Morgan fingerprint density at radius 2 is 1.93 bits per heavy atom. The monoisotopic (exact) mass is 438 g/mol. The van der Waals surface area contributed by atoms with Gasteiger partial charge in [0.25, 0.3) is 0 Å². The van der Waals surface area contributed by atoms with Crippen LogP contribution in [0.25, 0.3) is 0 Å². The maximum atomic E-state index is 13.3. The molecular weight excluding hydrogens is 422 g/mol. The Morgan fingerprint density at radius 1 is 1.23 bits per heavy atom. The lowest BCUT2D eigenvalue weighted by atomic mass is 9.91. The van der Waals surface area contributed by atoms with Crippen molar-refractivity contribution in [2.45, 2.75) is 44.7 Å². The van der Waals surface area contributed by atoms with Gasteiger partial charge >= 0.3 is 24.0 Å². The molecule has 2 aromatic heterocycles. The zero-order valence-corrected chi connectivity index (χ0v) is 15.5. The van der Waals surface area contributed by atoms with Gasteiger partial charge in [-0.05, 0) is 25.0 Å². The van der Waals surface area contributed by atoms with E-state index in [2.05, 4.69) is 10.1 Å². The van der Waals surface area contributed by atoms with Gasteiger partial charge in [-0.15, -0.1) is 0 Å². The Bertz CT molecular complexity index is 977. The Balaban J connectivity index is 1.95. The Hall–Kier alpha value is -2.86. The molecular formula is C17H16F6N4O3. The normalized spacial score (nSPS) is 19.4. The van der Waals surface area contributed by atoms with E-state index in [1.165, 1.54) is 6.92 Å². The molecule has 0 aromatic carbocycles. The number of ether oxygens (including phenoxy) is 1. The van der Waals surface area contributed by atoms with Gasteiger partial charge in [0.1, 0.15) is 17.6 Å². The molecule has 3 rings (SSSR count). The third-order valence-electron chi connectivity index (χ3n) is 4.66. The smallest absolute Gasteiger partial charge is 0.433 e. The van der Waals surface area contributed by atoms with E-state index in [0.717, 1.165) is 27.6 Å². The molecule has 3 heterocycles. The molecule has 7 nitrogen and oxygen atoms in total. The van der Waals surface area contributed by atoms with E-state index in [4.69, 9.17) is 4.74 Å². The minimum absolute atomic E-state index is 0.0819. The van der Waals surface area contributed by atoms with Crippen molar-refractivity contribution in [3.63, 3.8) is 0 Å². The average molecular weight is 438 g/mol. The van der Waals surface area contributed by atoms with Gasteiger partial charge in [0.05, 0.1) is 19.1 Å². The molecule has 0 radical (unpaired) electrons. The highest BCUT2D eigenvalue weighted by Crippen LogP contribution is 2.38. The summed E-state index contributed by atoms with van der Waals surface area (Å²) in [5.41, 5.74) is -1.80. The van der Waals surface area contributed by atoms with E-state index in [9.17, 15) is 35.9 Å². The fourth-order valence-electron chi connectivity index (χ4n) is 3.25. The summed E-state index contributed by atoms with van der Waals surface area (Å²) in [6.07, 6.45) is -9.61. The van der Waals surface area contributed by atoms with Crippen LogP contribution in [0.5, 0.6) is 0 Å². The molecule has 164 valence electrons. The second-order valence-corrected chi connectivity index (χ2v) is 6.72. The molecule has 2 atom stereocenters. The van der Waals surface area contributed by atoms with Gasteiger partial charge in [0.15, 0.2) is 0 Å². The molecule has 2 unspecified atom stereocenters. The van der Waals surface area contributed by atoms with E-state index < -0.39 is 54.5 Å². The minimum atomic E-state index is -4.64. The van der Waals surface area contributed by atoms with Gasteiger partial charge in [0.2, 0.25) is 0 Å². The first-order valence-corrected chi connectivity index (χ1v) is 8.85. The summed E-state index contributed by atoms with van der Waals surface area (Å²) in [5, 5.41) is 3.88. The highest BCUT2D eigenvalue weighted by Gasteiger charge is 2.47. The summed E-state index contributed by atoms with van der Waals surface area (Å²) in [6, 6.07) is 0.312. The van der Waals surface area contributed by atoms with E-state index in [-0.39, 0.29) is 24.5 Å². The number of pyridine rings is 1. The number of esters is 1. The number of carbonyl (C=O) groups is 1. The number of carbonyl (C=O) groups excluding carboxylic acids is 1. The SMILES string of the molecule is CCOC(=O)C1CC(C(F)(F)F)Cc2nn(Cc3ccc(C(F)(F)F)nc3)c(=O)n21. The summed E-state index contributed by atoms with van der Waals surface area (Å²) in [6.45, 7) is 1.07. The molecule has 1 aliphatic heterocycles. The fraction of sp³-hybridized carbons (Fsp3) is 0.529. The van der Waals surface area contributed by atoms with Gasteiger partial charge in [-0.1, -0.05) is 6.07 Å². The summed E-state index contributed by atoms with van der Waals surface area (Å²) in [7, 11) is 0. The zero-order chi connectivity index (χ0) is 22.3. The van der Waals surface area contributed by atoms with E-state index >= 15 is 0 Å². The largest absolute Gasteiger partial charge is 0.464 e. The van der Waals surface area contributed by atoms with E-state index in [1.807, 2.05) is 0 Å². The Morgan fingerprint density at radius 3 is 2.47 bits per heavy atom. The maximum absolute atomic E-state index is 13.3. The van der Waals surface area contributed by atoms with Crippen molar-refractivity contribution in [3.8, 4) is 0 Å². The van der Waals surface area contributed by atoms with Crippen LogP contribution < -0.4 is 5.69 Å². The number of fused-ring (bicyclic) bond motifs is 1. The van der Waals surface area contributed by atoms with Crippen LogP contribution >= 0.6 is 0 Å². The summed E-state index contributed by atoms with van der Waals surface area (Å²) < 4.78 is 84.1. The molecule has 0 spiro atoms. The zero-order valence-electron chi connectivity index (χ0n) is 15.5. The lowest BCUT2D eigenvalue weighted by Crippen LogP contribution is -2.41. The Labute approximate surface area is 165 Å². The predicted octanol–water partition coefficient (Wildman–Crippen LogP) is 2.74. The molecule has 0 amide bonds. The van der Waals surface area contributed by atoms with Crippen molar-refractivity contribution in [1.29, 1.82) is 0 Å². The summed E-state index contributed by atoms with van der Waals surface area (Å²) in [5.74, 6) is -3.11. The molecule has 30 heavy (non-hydrogen) atoms. The number of hydrogen-bond acceptors (Lipinski definition) is 5. The number of hydrogen-bond donors (Lipinski definition) is 0. The van der Waals surface area contributed by atoms with E-state index in [1.54, 1.807) is 0 Å². The second kappa shape index (κ2) is 7.76. The van der Waals surface area contributed by atoms with Gasteiger partial charge in [-0.25, -0.2) is 14.3 Å². The van der Waals surface area contributed by atoms with Gasteiger partial charge in [-0.2, -0.15) is 31.4 Å². The van der Waals surface area contributed by atoms with Crippen LogP contribution in [-0.4, -0.2) is 38.1 Å². The number of aromatic nitrogens is 4. The lowest BCUT2D eigenvalue weighted by molar-refractivity contribution is -0.184. The number of rotatable bonds is 4. The summed E-state index contributed by atoms with van der Waals surface area (Å²) >= 11 is 0. The quantitative estimate of drug-likeness (QED) is 0.542. The molecule has 2 aromatic rings. The number of alkyl halides is 6. The highest BCUT2D eigenvalue weighted by molar-refractivity contribution is 5.74. The minimum Gasteiger partial charge on any atom is -0.464 e. The molecule has 0 aliphatic carbocycles. The third kappa shape index (κ3) is 4.33. The van der Waals surface area contributed by atoms with Crippen LogP contribution in [0.3, 0.4) is 0 Å². The van der Waals surface area contributed by atoms with Crippen LogP contribution in [0.4, 0.5) is 26.3 Å². The molecule has 0 bridgehead atoms. The number of halogens is 6. The molecule has 0 fully saturated rings. The van der Waals surface area contributed by atoms with Gasteiger partial charge in [0, 0.05) is 12.6 Å². The van der Waals surface area contributed by atoms with Crippen LogP contribution in [0.15, 0.2) is 23.1 Å².